The zero-order chi connectivity index (χ0) is 24.2. The Bertz CT molecular complexity index is 1200. The highest BCUT2D eigenvalue weighted by Crippen LogP contribution is 2.46. The number of hydrogen-bond donors (Lipinski definition) is 0. The molecule has 2 unspecified atom stereocenters. The van der Waals surface area contributed by atoms with Crippen LogP contribution in [-0.4, -0.2) is 18.0 Å². The van der Waals surface area contributed by atoms with Gasteiger partial charge in [0.15, 0.2) is 0 Å². The van der Waals surface area contributed by atoms with Gasteiger partial charge >= 0.3 is 0 Å². The average Bonchev–Trinajstić information content (AvgIpc) is 3.44. The van der Waals surface area contributed by atoms with Gasteiger partial charge in [0.2, 0.25) is 0 Å². The van der Waals surface area contributed by atoms with Gasteiger partial charge in [-0.1, -0.05) is 63.6 Å². The normalized spacial score (nSPS) is 31.1. The van der Waals surface area contributed by atoms with Crippen molar-refractivity contribution in [3.05, 3.63) is 70.5 Å². The third kappa shape index (κ3) is 4.46. The molecule has 2 saturated carbocycles. The highest BCUT2D eigenvalue weighted by atomic mass is 14.8. The molecule has 2 fully saturated rings. The minimum absolute atomic E-state index is 0.160. The van der Waals surface area contributed by atoms with Crippen molar-refractivity contribution in [1.82, 2.24) is 0 Å². The van der Waals surface area contributed by atoms with Crippen molar-refractivity contribution in [3.63, 3.8) is 0 Å². The minimum atomic E-state index is 0.160. The molecule has 0 amide bonds. The summed E-state index contributed by atoms with van der Waals surface area (Å²) in [5.41, 5.74) is 11.5. The molecule has 182 valence electrons. The van der Waals surface area contributed by atoms with Crippen LogP contribution >= 0.6 is 0 Å². The average molecular weight is 465 g/mol. The Hall–Kier alpha value is -2.48. The van der Waals surface area contributed by atoms with Crippen molar-refractivity contribution in [2.75, 3.05) is 0 Å². The van der Waals surface area contributed by atoms with E-state index < -0.39 is 0 Å². The molecule has 6 rings (SSSR count). The maximum absolute atomic E-state index is 5.03. The summed E-state index contributed by atoms with van der Waals surface area (Å²) in [5.74, 6) is 2.31. The SMILES string of the molecule is CC1=CC2=CC=C(c3ccc(C4=CN=C(C5C[C@@H](C)C[C@@H](C)C5)C4)c(CC4(C)CCC4)c3)C2N=C1. The van der Waals surface area contributed by atoms with Crippen LogP contribution < -0.4 is 0 Å². The summed E-state index contributed by atoms with van der Waals surface area (Å²) in [6, 6.07) is 7.39. The summed E-state index contributed by atoms with van der Waals surface area (Å²) < 4.78 is 0. The summed E-state index contributed by atoms with van der Waals surface area (Å²) in [5, 5.41) is 0. The highest BCUT2D eigenvalue weighted by Gasteiger charge is 2.34. The Kier molecular flexibility index (Phi) is 5.82. The van der Waals surface area contributed by atoms with E-state index >= 15 is 0 Å². The molecule has 2 heteroatoms. The van der Waals surface area contributed by atoms with E-state index in [0.717, 1.165) is 18.3 Å². The molecule has 0 aromatic heterocycles. The maximum atomic E-state index is 5.03. The van der Waals surface area contributed by atoms with Crippen LogP contribution in [-0.2, 0) is 6.42 Å². The second kappa shape index (κ2) is 8.87. The third-order valence-electron chi connectivity index (χ3n) is 9.26. The lowest BCUT2D eigenvalue weighted by molar-refractivity contribution is 0.161. The van der Waals surface area contributed by atoms with Gasteiger partial charge in [0, 0.05) is 24.5 Å². The Labute approximate surface area is 211 Å². The van der Waals surface area contributed by atoms with Crippen molar-refractivity contribution in [1.29, 1.82) is 0 Å². The Morgan fingerprint density at radius 2 is 1.83 bits per heavy atom. The van der Waals surface area contributed by atoms with Crippen molar-refractivity contribution in [3.8, 4) is 0 Å². The van der Waals surface area contributed by atoms with Gasteiger partial charge in [0.1, 0.15) is 6.04 Å². The molecule has 2 aliphatic heterocycles. The van der Waals surface area contributed by atoms with E-state index in [4.69, 9.17) is 9.98 Å². The zero-order valence-corrected chi connectivity index (χ0v) is 22.0. The predicted octanol–water partition coefficient (Wildman–Crippen LogP) is 8.40. The van der Waals surface area contributed by atoms with E-state index in [9.17, 15) is 0 Å². The molecule has 4 atom stereocenters. The molecule has 0 N–H and O–H groups in total. The molecule has 0 radical (unpaired) electrons. The molecule has 35 heavy (non-hydrogen) atoms. The highest BCUT2D eigenvalue weighted by molar-refractivity contribution is 6.00. The van der Waals surface area contributed by atoms with E-state index in [1.807, 2.05) is 6.21 Å². The van der Waals surface area contributed by atoms with E-state index in [-0.39, 0.29) is 6.04 Å². The first-order valence-corrected chi connectivity index (χ1v) is 13.9. The zero-order valence-electron chi connectivity index (χ0n) is 22.0. The van der Waals surface area contributed by atoms with Gasteiger partial charge in [-0.3, -0.25) is 9.98 Å². The number of rotatable bonds is 5. The van der Waals surface area contributed by atoms with Gasteiger partial charge in [-0.25, -0.2) is 0 Å². The van der Waals surface area contributed by atoms with Crippen LogP contribution in [0, 0.1) is 23.2 Å². The Morgan fingerprint density at radius 1 is 1.03 bits per heavy atom. The lowest BCUT2D eigenvalue weighted by Crippen LogP contribution is -2.28. The molecule has 2 nitrogen and oxygen atoms in total. The Balaban J connectivity index is 1.27. The number of nitrogens with zero attached hydrogens (tertiary/aromatic N) is 2. The maximum Gasteiger partial charge on any atom is 0.100 e. The molecular weight excluding hydrogens is 424 g/mol. The number of benzene rings is 1. The Morgan fingerprint density at radius 3 is 2.57 bits per heavy atom. The van der Waals surface area contributed by atoms with Gasteiger partial charge in [-0.15, -0.1) is 0 Å². The van der Waals surface area contributed by atoms with Crippen LogP contribution in [0.15, 0.2) is 63.8 Å². The smallest absolute Gasteiger partial charge is 0.100 e. The molecule has 0 bridgehead atoms. The number of allylic oxidation sites excluding steroid dienone is 4. The summed E-state index contributed by atoms with van der Waals surface area (Å²) >= 11 is 0. The second-order valence-electron chi connectivity index (χ2n) is 12.6. The molecule has 1 aromatic carbocycles. The molecule has 1 aromatic rings. The van der Waals surface area contributed by atoms with Crippen molar-refractivity contribution in [2.24, 2.45) is 33.2 Å². The molecule has 5 aliphatic rings. The van der Waals surface area contributed by atoms with Gasteiger partial charge in [-0.05, 0) is 108 Å². The first-order valence-electron chi connectivity index (χ1n) is 13.9. The van der Waals surface area contributed by atoms with Crippen LogP contribution in [0.3, 0.4) is 0 Å². The topological polar surface area (TPSA) is 24.7 Å². The van der Waals surface area contributed by atoms with Crippen LogP contribution in [0.4, 0.5) is 0 Å². The second-order valence-corrected chi connectivity index (χ2v) is 12.6. The third-order valence-corrected chi connectivity index (χ3v) is 9.26. The van der Waals surface area contributed by atoms with Gasteiger partial charge in [-0.2, -0.15) is 0 Å². The molecule has 0 spiro atoms. The minimum Gasteiger partial charge on any atom is -0.280 e. The summed E-state index contributed by atoms with van der Waals surface area (Å²) in [6.45, 7) is 9.46. The van der Waals surface area contributed by atoms with Gasteiger partial charge in [0.05, 0.1) is 0 Å². The summed E-state index contributed by atoms with van der Waals surface area (Å²) in [6.07, 6.45) is 21.3. The quantitative estimate of drug-likeness (QED) is 0.418. The number of aliphatic imine (C=N–C) groups is 2. The number of dihydropyridines is 1. The van der Waals surface area contributed by atoms with E-state index in [1.54, 1.807) is 0 Å². The standard InChI is InChI=1S/C33H40N2/c1-21-12-22(2)14-26(13-21)31-17-28(20-34-31)29-8-6-24(16-27(29)18-33(4)10-5-11-33)30-9-7-25-15-23(3)19-35-32(25)30/h6-9,15-16,19-22,26,32H,5,10-14,17-18H2,1-4H3/t21-,22+,26?,32?. The van der Waals surface area contributed by atoms with Crippen molar-refractivity contribution in [2.45, 2.75) is 85.1 Å². The first-order chi connectivity index (χ1) is 16.9. The monoisotopic (exact) mass is 464 g/mol. The van der Waals surface area contributed by atoms with Crippen molar-refractivity contribution >= 4 is 23.1 Å². The van der Waals surface area contributed by atoms with Crippen LogP contribution in [0.5, 0.6) is 0 Å². The van der Waals surface area contributed by atoms with E-state index in [0.29, 0.717) is 11.3 Å². The summed E-state index contributed by atoms with van der Waals surface area (Å²) in [4.78, 5) is 9.90. The molecular formula is C33H40N2. The fourth-order valence-electron chi connectivity index (χ4n) is 7.32. The molecule has 0 saturated heterocycles. The number of fused-ring (bicyclic) bond motifs is 1. The van der Waals surface area contributed by atoms with Gasteiger partial charge in [0.25, 0.3) is 0 Å². The van der Waals surface area contributed by atoms with Crippen LogP contribution in [0.1, 0.15) is 89.3 Å². The first kappa shape index (κ1) is 23.0. The van der Waals surface area contributed by atoms with Gasteiger partial charge < -0.3 is 0 Å². The molecule has 2 heterocycles. The lowest BCUT2D eigenvalue weighted by Gasteiger charge is -2.39. The van der Waals surface area contributed by atoms with E-state index in [1.165, 1.54) is 89.6 Å². The predicted molar refractivity (Wildman–Crippen MR) is 150 cm³/mol. The fraction of sp³-hybridized carbons (Fsp3) is 0.515. The van der Waals surface area contributed by atoms with Crippen LogP contribution in [0.25, 0.3) is 11.1 Å². The lowest BCUT2D eigenvalue weighted by atomic mass is 9.66. The fourth-order valence-corrected chi connectivity index (χ4v) is 7.32. The summed E-state index contributed by atoms with van der Waals surface area (Å²) in [7, 11) is 0. The van der Waals surface area contributed by atoms with Crippen molar-refractivity contribution < 1.29 is 0 Å². The molecule has 3 aliphatic carbocycles. The van der Waals surface area contributed by atoms with E-state index in [2.05, 4.69) is 70.3 Å². The van der Waals surface area contributed by atoms with Crippen LogP contribution in [0.2, 0.25) is 0 Å². The largest absolute Gasteiger partial charge is 0.280 e. The number of hydrogen-bond acceptors (Lipinski definition) is 2.